The zero-order valence-electron chi connectivity index (χ0n) is 32.4. The van der Waals surface area contributed by atoms with Gasteiger partial charge >= 0.3 is 0 Å². The lowest BCUT2D eigenvalue weighted by Gasteiger charge is -2.28. The Labute approximate surface area is 323 Å². The average Bonchev–Trinajstić information content (AvgIpc) is 3.71. The Morgan fingerprint density at radius 1 is 0.600 bits per heavy atom. The molecule has 292 valence electrons. The lowest BCUT2D eigenvalue weighted by Crippen LogP contribution is -2.38. The van der Waals surface area contributed by atoms with Crippen LogP contribution < -0.4 is 49.3 Å². The van der Waals surface area contributed by atoms with Gasteiger partial charge in [0.15, 0.2) is 34.5 Å². The first-order valence-corrected chi connectivity index (χ1v) is 18.6. The van der Waals surface area contributed by atoms with E-state index >= 15 is 0 Å². The van der Waals surface area contributed by atoms with Gasteiger partial charge in [0.1, 0.15) is 12.3 Å². The van der Waals surface area contributed by atoms with Crippen LogP contribution in [0.1, 0.15) is 83.4 Å². The molecule has 2 unspecified atom stereocenters. The molecule has 3 N–H and O–H groups in total. The van der Waals surface area contributed by atoms with Gasteiger partial charge in [0.2, 0.25) is 5.75 Å². The van der Waals surface area contributed by atoms with Crippen LogP contribution in [0, 0.1) is 6.92 Å². The summed E-state index contributed by atoms with van der Waals surface area (Å²) < 4.78 is 40.0. The fourth-order valence-corrected chi connectivity index (χ4v) is 6.69. The van der Waals surface area contributed by atoms with Crippen LogP contribution in [0.15, 0.2) is 72.8 Å². The molecule has 2 atom stereocenters. The van der Waals surface area contributed by atoms with Crippen molar-refractivity contribution in [1.29, 1.82) is 0 Å². The van der Waals surface area contributed by atoms with Crippen LogP contribution in [0.4, 0.5) is 5.69 Å². The molecule has 0 bridgehead atoms. The second-order valence-corrected chi connectivity index (χ2v) is 13.4. The van der Waals surface area contributed by atoms with Crippen molar-refractivity contribution in [2.75, 3.05) is 54.1 Å². The number of rotatable bonds is 19. The number of nitrogens with one attached hydrogen (secondary N) is 3. The fraction of sp³-hybridized carbons (Fsp3) is 0.372. The molecule has 12 heteroatoms. The van der Waals surface area contributed by atoms with E-state index in [0.29, 0.717) is 59.0 Å². The van der Waals surface area contributed by atoms with Crippen molar-refractivity contribution < 1.29 is 42.8 Å². The summed E-state index contributed by atoms with van der Waals surface area (Å²) in [6.07, 6.45) is 7.49. The number of carbonyl (C=O) groups is 1. The number of amides is 1. The van der Waals surface area contributed by atoms with Crippen LogP contribution in [-0.2, 0) is 4.84 Å². The van der Waals surface area contributed by atoms with E-state index in [1.54, 1.807) is 35.5 Å². The Bertz CT molecular complexity index is 1960. The number of benzene rings is 4. The SMILES string of the molecule is COc1cc(C2NC(=O)c3cc(C)ccc3N2)ccc1OCCCCCCCCOc1cc(C2=CC(c3cc(OC)c(OC)c(OC)c3)ON2)ccc1OC. The molecule has 2 aliphatic heterocycles. The molecule has 6 rings (SSSR count). The van der Waals surface area contributed by atoms with E-state index in [9.17, 15) is 4.79 Å². The van der Waals surface area contributed by atoms with Gasteiger partial charge in [-0.25, -0.2) is 0 Å². The minimum Gasteiger partial charge on any atom is -0.493 e. The molecule has 1 amide bonds. The Balaban J connectivity index is 0.915. The first-order chi connectivity index (χ1) is 26.8. The maximum Gasteiger partial charge on any atom is 0.255 e. The average molecular weight is 754 g/mol. The summed E-state index contributed by atoms with van der Waals surface area (Å²) >= 11 is 0. The number of fused-ring (bicyclic) bond motifs is 1. The van der Waals surface area contributed by atoms with Gasteiger partial charge < -0.3 is 43.8 Å². The molecule has 4 aromatic rings. The Hall–Kier alpha value is -5.75. The van der Waals surface area contributed by atoms with Crippen molar-refractivity contribution in [3.05, 3.63) is 101 Å². The van der Waals surface area contributed by atoms with Crippen molar-refractivity contribution in [2.45, 2.75) is 57.7 Å². The highest BCUT2D eigenvalue weighted by Gasteiger charge is 2.26. The van der Waals surface area contributed by atoms with Crippen LogP contribution in [-0.4, -0.2) is 54.7 Å². The van der Waals surface area contributed by atoms with Gasteiger partial charge in [0, 0.05) is 11.3 Å². The quantitative estimate of drug-likeness (QED) is 0.0801. The third-order valence-electron chi connectivity index (χ3n) is 9.67. The smallest absolute Gasteiger partial charge is 0.255 e. The van der Waals surface area contributed by atoms with Crippen LogP contribution in [0.25, 0.3) is 5.70 Å². The number of methoxy groups -OCH3 is 5. The van der Waals surface area contributed by atoms with Crippen LogP contribution in [0.2, 0.25) is 0 Å². The van der Waals surface area contributed by atoms with Gasteiger partial charge in [-0.15, -0.1) is 0 Å². The highest BCUT2D eigenvalue weighted by Crippen LogP contribution is 2.42. The number of anilines is 1. The molecule has 2 heterocycles. The predicted molar refractivity (Wildman–Crippen MR) is 211 cm³/mol. The topological polar surface area (TPSA) is 127 Å². The summed E-state index contributed by atoms with van der Waals surface area (Å²) in [5.41, 5.74) is 9.03. The largest absolute Gasteiger partial charge is 0.493 e. The van der Waals surface area contributed by atoms with Crippen molar-refractivity contribution >= 4 is 17.3 Å². The maximum absolute atomic E-state index is 12.7. The molecule has 0 aromatic heterocycles. The van der Waals surface area contributed by atoms with E-state index in [2.05, 4.69) is 16.1 Å². The summed E-state index contributed by atoms with van der Waals surface area (Å²) in [6, 6.07) is 21.2. The van der Waals surface area contributed by atoms with Crippen molar-refractivity contribution in [1.82, 2.24) is 10.8 Å². The first-order valence-electron chi connectivity index (χ1n) is 18.6. The summed E-state index contributed by atoms with van der Waals surface area (Å²) in [6.45, 7) is 3.16. The van der Waals surface area contributed by atoms with Gasteiger partial charge in [-0.05, 0) is 91.6 Å². The molecule has 0 aliphatic carbocycles. The summed E-state index contributed by atoms with van der Waals surface area (Å²) in [5.74, 6) is 4.22. The third kappa shape index (κ3) is 9.32. The Morgan fingerprint density at radius 2 is 1.24 bits per heavy atom. The lowest BCUT2D eigenvalue weighted by molar-refractivity contribution is 0.0508. The molecular formula is C43H51N3O9. The fourth-order valence-electron chi connectivity index (χ4n) is 6.69. The second-order valence-electron chi connectivity index (χ2n) is 13.4. The minimum absolute atomic E-state index is 0.101. The summed E-state index contributed by atoms with van der Waals surface area (Å²) in [4.78, 5) is 18.6. The standard InChI is InChI=1S/C43H51N3O9/c1-27-13-16-32-31(21-27)43(47)45-42(44-32)29-15-18-35(37(23-29)49-3)53-19-11-9-7-8-10-12-20-54-38-22-28(14-17-34(38)48-2)33-26-36(55-46-33)30-24-39(50-4)41(52-6)40(25-30)51-5/h13-18,21-26,36,42,44,46H,7-12,19-20H2,1-6H3,(H,45,47). The van der Waals surface area contributed by atoms with E-state index < -0.39 is 0 Å². The molecular weight excluding hydrogens is 702 g/mol. The van der Waals surface area contributed by atoms with Crippen LogP contribution >= 0.6 is 0 Å². The molecule has 12 nitrogen and oxygen atoms in total. The summed E-state index contributed by atoms with van der Waals surface area (Å²) in [5, 5.41) is 6.44. The number of hydrogen-bond acceptors (Lipinski definition) is 11. The first kappa shape index (κ1) is 39.0. The monoisotopic (exact) mass is 753 g/mol. The van der Waals surface area contributed by atoms with E-state index in [4.69, 9.17) is 38.0 Å². The number of hydroxylamine groups is 1. The van der Waals surface area contributed by atoms with E-state index in [1.165, 1.54) is 0 Å². The van der Waals surface area contributed by atoms with E-state index in [0.717, 1.165) is 72.2 Å². The number of aryl methyl sites for hydroxylation is 1. The van der Waals surface area contributed by atoms with Gasteiger partial charge in [0.25, 0.3) is 5.91 Å². The molecule has 0 radical (unpaired) electrons. The Kier molecular flexibility index (Phi) is 13.1. The number of carbonyl (C=O) groups excluding carboxylic acids is 1. The maximum atomic E-state index is 12.7. The molecule has 0 saturated carbocycles. The zero-order chi connectivity index (χ0) is 38.7. The van der Waals surface area contributed by atoms with Crippen molar-refractivity contribution in [2.24, 2.45) is 0 Å². The normalized spacial score (nSPS) is 15.8. The number of hydrogen-bond donors (Lipinski definition) is 3. The predicted octanol–water partition coefficient (Wildman–Crippen LogP) is 8.31. The van der Waals surface area contributed by atoms with Gasteiger partial charge in [-0.2, -0.15) is 0 Å². The van der Waals surface area contributed by atoms with Crippen molar-refractivity contribution in [3.8, 4) is 40.2 Å². The number of unbranched alkanes of at least 4 members (excludes halogenated alkanes) is 5. The van der Waals surface area contributed by atoms with Gasteiger partial charge in [0.05, 0.1) is 60.0 Å². The number of ether oxygens (including phenoxy) is 7. The molecule has 0 saturated heterocycles. The Morgan fingerprint density at radius 3 is 1.91 bits per heavy atom. The second kappa shape index (κ2) is 18.5. The molecule has 2 aliphatic rings. The summed E-state index contributed by atoms with van der Waals surface area (Å²) in [7, 11) is 8.03. The van der Waals surface area contributed by atoms with Gasteiger partial charge in [-0.3, -0.25) is 15.1 Å². The van der Waals surface area contributed by atoms with Crippen molar-refractivity contribution in [3.63, 3.8) is 0 Å². The third-order valence-corrected chi connectivity index (χ3v) is 9.67. The molecule has 4 aromatic carbocycles. The van der Waals surface area contributed by atoms with E-state index in [-0.39, 0.29) is 18.2 Å². The van der Waals surface area contributed by atoms with Crippen LogP contribution in [0.3, 0.4) is 0 Å². The van der Waals surface area contributed by atoms with Gasteiger partial charge in [-0.1, -0.05) is 43.4 Å². The molecule has 55 heavy (non-hydrogen) atoms. The minimum atomic E-state index is -0.365. The lowest BCUT2D eigenvalue weighted by atomic mass is 10.0. The van der Waals surface area contributed by atoms with Crippen LogP contribution in [0.5, 0.6) is 40.2 Å². The molecule has 0 spiro atoms. The zero-order valence-corrected chi connectivity index (χ0v) is 32.4. The highest BCUT2D eigenvalue weighted by atomic mass is 16.7. The van der Waals surface area contributed by atoms with E-state index in [1.807, 2.05) is 79.7 Å². The highest BCUT2D eigenvalue weighted by molar-refractivity contribution is 6.01. The molecule has 0 fully saturated rings.